The molecule has 3 nitrogen and oxygen atoms in total. The third-order valence-corrected chi connectivity index (χ3v) is 6.61. The van der Waals surface area contributed by atoms with Crippen molar-refractivity contribution in [2.24, 2.45) is 5.92 Å². The lowest BCUT2D eigenvalue weighted by Crippen LogP contribution is -2.51. The van der Waals surface area contributed by atoms with Gasteiger partial charge in [-0.2, -0.15) is 0 Å². The molecule has 0 radical (unpaired) electrons. The molecule has 170 valence electrons. The van der Waals surface area contributed by atoms with Gasteiger partial charge in [-0.25, -0.2) is 4.98 Å². The molecule has 1 aliphatic rings. The Morgan fingerprint density at radius 2 is 1.61 bits per heavy atom. The van der Waals surface area contributed by atoms with Gasteiger partial charge in [0.1, 0.15) is 18.1 Å². The molecule has 0 unspecified atom stereocenters. The first-order valence-electron chi connectivity index (χ1n) is 11.6. The molecule has 0 N–H and O–H groups in total. The summed E-state index contributed by atoms with van der Waals surface area (Å²) in [5, 5.41) is 0.728. The molecule has 3 aromatic rings. The van der Waals surface area contributed by atoms with Crippen molar-refractivity contribution in [2.75, 3.05) is 19.7 Å². The topological polar surface area (TPSA) is 25.4 Å². The van der Waals surface area contributed by atoms with Crippen molar-refractivity contribution in [3.05, 3.63) is 83.1 Å². The maximum atomic E-state index is 6.12. The number of benzene rings is 2. The summed E-state index contributed by atoms with van der Waals surface area (Å²) in [6, 6.07) is 19.7. The number of pyridine rings is 1. The van der Waals surface area contributed by atoms with Gasteiger partial charge in [0.25, 0.3) is 0 Å². The maximum Gasteiger partial charge on any atom is 0.119 e. The molecule has 1 fully saturated rings. The molecular formula is C29H31ClN2O. The Balaban J connectivity index is 1.33. The van der Waals surface area contributed by atoms with Crippen LogP contribution >= 0.6 is 11.6 Å². The van der Waals surface area contributed by atoms with Crippen LogP contribution in [0.4, 0.5) is 0 Å². The van der Waals surface area contributed by atoms with E-state index in [2.05, 4.69) is 42.5 Å². The van der Waals surface area contributed by atoms with Crippen molar-refractivity contribution < 1.29 is 4.74 Å². The van der Waals surface area contributed by atoms with Crippen molar-refractivity contribution >= 4 is 11.6 Å². The van der Waals surface area contributed by atoms with Crippen LogP contribution in [-0.4, -0.2) is 35.1 Å². The standard InChI is InChI=1S/C29H31ClN2O/c1-22-16-18-32(19-17-22)29(2,3)21-33-28-14-5-23(6-15-28)4-12-27-13-9-25(20-31-27)24-7-10-26(30)11-8-24/h5-11,13-15,20,22H,16-19,21H2,1-3H3. The molecule has 1 aliphatic heterocycles. The molecule has 1 aromatic heterocycles. The fraction of sp³-hybridized carbons (Fsp3) is 0.345. The van der Waals surface area contributed by atoms with Crippen LogP contribution in [-0.2, 0) is 0 Å². The normalized spacial score (nSPS) is 15.0. The van der Waals surface area contributed by atoms with Gasteiger partial charge in [0.2, 0.25) is 0 Å². The lowest BCUT2D eigenvalue weighted by molar-refractivity contribution is 0.0402. The molecule has 0 saturated carbocycles. The summed E-state index contributed by atoms with van der Waals surface area (Å²) < 4.78 is 6.12. The molecular weight excluding hydrogens is 428 g/mol. The SMILES string of the molecule is CC1CCN(C(C)(C)COc2ccc(C#Cc3ccc(-c4ccc(Cl)cc4)cn3)cc2)CC1. The van der Waals surface area contributed by atoms with Gasteiger partial charge in [0, 0.05) is 27.9 Å². The van der Waals surface area contributed by atoms with Gasteiger partial charge in [-0.15, -0.1) is 0 Å². The minimum absolute atomic E-state index is 0.0302. The number of halogens is 1. The van der Waals surface area contributed by atoms with Crippen LogP contribution in [0.15, 0.2) is 66.9 Å². The minimum Gasteiger partial charge on any atom is -0.492 e. The number of piperidine rings is 1. The van der Waals surface area contributed by atoms with E-state index in [1.807, 2.05) is 66.9 Å². The summed E-state index contributed by atoms with van der Waals surface area (Å²) in [7, 11) is 0. The van der Waals surface area contributed by atoms with Crippen LogP contribution in [0.5, 0.6) is 5.75 Å². The van der Waals surface area contributed by atoms with E-state index in [4.69, 9.17) is 16.3 Å². The van der Waals surface area contributed by atoms with Gasteiger partial charge < -0.3 is 4.74 Å². The summed E-state index contributed by atoms with van der Waals surface area (Å²) in [6.07, 6.45) is 4.39. The Labute approximate surface area is 202 Å². The van der Waals surface area contributed by atoms with Crippen LogP contribution in [0, 0.1) is 17.8 Å². The van der Waals surface area contributed by atoms with Crippen LogP contribution in [0.25, 0.3) is 11.1 Å². The Morgan fingerprint density at radius 3 is 2.24 bits per heavy atom. The highest BCUT2D eigenvalue weighted by molar-refractivity contribution is 6.30. The predicted molar refractivity (Wildman–Crippen MR) is 137 cm³/mol. The zero-order valence-corrected chi connectivity index (χ0v) is 20.4. The molecule has 33 heavy (non-hydrogen) atoms. The zero-order valence-electron chi connectivity index (χ0n) is 19.6. The second-order valence-corrected chi connectivity index (χ2v) is 9.92. The third-order valence-electron chi connectivity index (χ3n) is 6.36. The summed E-state index contributed by atoms with van der Waals surface area (Å²) in [6.45, 7) is 9.87. The van der Waals surface area contributed by atoms with Crippen molar-refractivity contribution in [1.29, 1.82) is 0 Å². The zero-order chi connectivity index (χ0) is 23.3. The molecule has 4 heteroatoms. The first-order valence-corrected chi connectivity index (χ1v) is 12.0. The van der Waals surface area contributed by atoms with E-state index in [1.54, 1.807) is 0 Å². The van der Waals surface area contributed by atoms with E-state index in [0.717, 1.165) is 52.2 Å². The van der Waals surface area contributed by atoms with Crippen LogP contribution in [0.1, 0.15) is 44.9 Å². The third kappa shape index (κ3) is 6.38. The quantitative estimate of drug-likeness (QED) is 0.398. The Hall–Kier alpha value is -2.80. The summed E-state index contributed by atoms with van der Waals surface area (Å²) in [4.78, 5) is 7.03. The van der Waals surface area contributed by atoms with E-state index in [1.165, 1.54) is 12.8 Å². The van der Waals surface area contributed by atoms with Crippen molar-refractivity contribution in [1.82, 2.24) is 9.88 Å². The highest BCUT2D eigenvalue weighted by Gasteiger charge is 2.30. The predicted octanol–water partition coefficient (Wildman–Crippen LogP) is 6.69. The second-order valence-electron chi connectivity index (χ2n) is 9.48. The van der Waals surface area contributed by atoms with Crippen LogP contribution in [0.2, 0.25) is 5.02 Å². The van der Waals surface area contributed by atoms with E-state index < -0.39 is 0 Å². The number of rotatable bonds is 5. The summed E-state index contributed by atoms with van der Waals surface area (Å²) in [5.74, 6) is 8.05. The number of ether oxygens (including phenoxy) is 1. The van der Waals surface area contributed by atoms with Gasteiger partial charge in [-0.05, 0) is 99.6 Å². The Morgan fingerprint density at radius 1 is 0.939 bits per heavy atom. The fourth-order valence-electron chi connectivity index (χ4n) is 4.02. The first-order chi connectivity index (χ1) is 15.9. The van der Waals surface area contributed by atoms with Crippen molar-refractivity contribution in [3.8, 4) is 28.7 Å². The average Bonchev–Trinajstić information content (AvgIpc) is 2.83. The number of aromatic nitrogens is 1. The van der Waals surface area contributed by atoms with E-state index in [0.29, 0.717) is 6.61 Å². The Kier molecular flexibility index (Phi) is 7.38. The molecule has 2 heterocycles. The van der Waals surface area contributed by atoms with E-state index in [-0.39, 0.29) is 5.54 Å². The average molecular weight is 459 g/mol. The number of nitrogens with zero attached hydrogens (tertiary/aromatic N) is 2. The molecule has 0 aliphatic carbocycles. The van der Waals surface area contributed by atoms with Gasteiger partial charge in [0.05, 0.1) is 0 Å². The second kappa shape index (κ2) is 10.4. The lowest BCUT2D eigenvalue weighted by atomic mass is 9.94. The largest absolute Gasteiger partial charge is 0.492 e. The molecule has 0 bridgehead atoms. The summed E-state index contributed by atoms with van der Waals surface area (Å²) >= 11 is 5.96. The smallest absolute Gasteiger partial charge is 0.119 e. The van der Waals surface area contributed by atoms with Gasteiger partial charge in [-0.1, -0.05) is 42.6 Å². The number of hydrogen-bond acceptors (Lipinski definition) is 3. The van der Waals surface area contributed by atoms with Gasteiger partial charge in [0.15, 0.2) is 0 Å². The number of likely N-dealkylation sites (tertiary alicyclic amines) is 1. The molecule has 2 aromatic carbocycles. The van der Waals surface area contributed by atoms with Crippen LogP contribution < -0.4 is 4.74 Å². The monoisotopic (exact) mass is 458 g/mol. The maximum absolute atomic E-state index is 6.12. The van der Waals surface area contributed by atoms with Gasteiger partial charge >= 0.3 is 0 Å². The first kappa shape index (κ1) is 23.4. The highest BCUT2D eigenvalue weighted by atomic mass is 35.5. The molecule has 0 atom stereocenters. The highest BCUT2D eigenvalue weighted by Crippen LogP contribution is 2.25. The Bertz CT molecular complexity index is 1100. The lowest BCUT2D eigenvalue weighted by Gasteiger charge is -2.42. The molecule has 1 saturated heterocycles. The van der Waals surface area contributed by atoms with Crippen molar-refractivity contribution in [3.63, 3.8) is 0 Å². The van der Waals surface area contributed by atoms with Gasteiger partial charge in [-0.3, -0.25) is 4.90 Å². The van der Waals surface area contributed by atoms with Crippen LogP contribution in [0.3, 0.4) is 0 Å². The molecule has 0 amide bonds. The molecule has 0 spiro atoms. The van der Waals surface area contributed by atoms with Crippen molar-refractivity contribution in [2.45, 2.75) is 39.2 Å². The van der Waals surface area contributed by atoms with E-state index >= 15 is 0 Å². The summed E-state index contributed by atoms with van der Waals surface area (Å²) in [5.41, 5.74) is 3.84. The molecule has 4 rings (SSSR count). The van der Waals surface area contributed by atoms with E-state index in [9.17, 15) is 0 Å². The number of hydrogen-bond donors (Lipinski definition) is 0. The fourth-order valence-corrected chi connectivity index (χ4v) is 4.14. The minimum atomic E-state index is 0.0302.